The molecule has 2 unspecified atom stereocenters. The Hall–Kier alpha value is -0.850. The Labute approximate surface area is 147 Å². The third-order valence-corrected chi connectivity index (χ3v) is 4.10. The largest absolute Gasteiger partial charge is 0.382 e. The van der Waals surface area contributed by atoms with Gasteiger partial charge < -0.3 is 24.8 Å². The van der Waals surface area contributed by atoms with Crippen LogP contribution in [0.4, 0.5) is 0 Å². The maximum Gasteiger partial charge on any atom is 0.191 e. The van der Waals surface area contributed by atoms with Crippen LogP contribution in [0.2, 0.25) is 0 Å². The number of hydrogen-bond acceptors (Lipinski definition) is 4. The second-order valence-electron chi connectivity index (χ2n) is 7.31. The van der Waals surface area contributed by atoms with Gasteiger partial charge in [-0.1, -0.05) is 20.8 Å². The molecule has 1 fully saturated rings. The summed E-state index contributed by atoms with van der Waals surface area (Å²) < 4.78 is 16.5. The van der Waals surface area contributed by atoms with Gasteiger partial charge in [0.1, 0.15) is 0 Å². The van der Waals surface area contributed by atoms with E-state index >= 15 is 0 Å². The van der Waals surface area contributed by atoms with Gasteiger partial charge in [0.05, 0.1) is 25.9 Å². The molecule has 1 heterocycles. The molecule has 1 saturated heterocycles. The molecule has 0 aromatic heterocycles. The lowest BCUT2D eigenvalue weighted by molar-refractivity contribution is -0.0823. The number of nitrogens with one attached hydrogen (secondary N) is 2. The van der Waals surface area contributed by atoms with Gasteiger partial charge in [0.2, 0.25) is 0 Å². The first kappa shape index (κ1) is 21.2. The molecule has 0 aliphatic carbocycles. The predicted molar refractivity (Wildman–Crippen MR) is 98.6 cm³/mol. The van der Waals surface area contributed by atoms with Crippen molar-refractivity contribution < 1.29 is 14.2 Å². The van der Waals surface area contributed by atoms with Gasteiger partial charge in [-0.25, -0.2) is 0 Å². The molecule has 2 atom stereocenters. The van der Waals surface area contributed by atoms with Crippen molar-refractivity contribution in [2.75, 3.05) is 53.2 Å². The Kier molecular flexibility index (Phi) is 10.3. The Balaban J connectivity index is 2.45. The summed E-state index contributed by atoms with van der Waals surface area (Å²) in [6.07, 6.45) is 2.59. The Morgan fingerprint density at radius 2 is 2.00 bits per heavy atom. The molecule has 0 aromatic carbocycles. The molecule has 0 saturated carbocycles. The number of rotatable bonds is 9. The molecule has 1 aliphatic heterocycles. The summed E-state index contributed by atoms with van der Waals surface area (Å²) in [5.74, 6) is 1.33. The Morgan fingerprint density at radius 1 is 1.21 bits per heavy atom. The zero-order valence-corrected chi connectivity index (χ0v) is 16.2. The van der Waals surface area contributed by atoms with Gasteiger partial charge >= 0.3 is 0 Å². The van der Waals surface area contributed by atoms with Gasteiger partial charge in [-0.05, 0) is 25.2 Å². The van der Waals surface area contributed by atoms with Crippen molar-refractivity contribution in [3.8, 4) is 0 Å². The number of methoxy groups -OCH3 is 1. The molecular weight excluding hydrogens is 306 g/mol. The van der Waals surface area contributed by atoms with E-state index in [4.69, 9.17) is 19.2 Å². The van der Waals surface area contributed by atoms with Crippen LogP contribution >= 0.6 is 0 Å². The number of ether oxygens (including phenoxy) is 3. The normalized spacial score (nSPS) is 22.5. The highest BCUT2D eigenvalue weighted by molar-refractivity contribution is 5.79. The van der Waals surface area contributed by atoms with E-state index in [1.54, 1.807) is 7.11 Å². The lowest BCUT2D eigenvalue weighted by Crippen LogP contribution is -2.43. The highest BCUT2D eigenvalue weighted by Gasteiger charge is 2.35. The van der Waals surface area contributed by atoms with Crippen LogP contribution in [0.5, 0.6) is 0 Å². The summed E-state index contributed by atoms with van der Waals surface area (Å²) in [4.78, 5) is 4.77. The fourth-order valence-electron chi connectivity index (χ4n) is 3.02. The molecule has 0 bridgehead atoms. The lowest BCUT2D eigenvalue weighted by Gasteiger charge is -2.39. The van der Waals surface area contributed by atoms with E-state index in [1.807, 2.05) is 0 Å². The van der Waals surface area contributed by atoms with Crippen LogP contribution in [-0.4, -0.2) is 65.2 Å². The summed E-state index contributed by atoms with van der Waals surface area (Å²) >= 11 is 0. The maximum absolute atomic E-state index is 6.04. The SMILES string of the molecule is CCNC(=NCC1CCCOC1C(C)(C)C)NCCOCCOC. The first-order valence-electron chi connectivity index (χ1n) is 9.19. The van der Waals surface area contributed by atoms with E-state index in [9.17, 15) is 0 Å². The first-order valence-corrected chi connectivity index (χ1v) is 9.19. The minimum absolute atomic E-state index is 0.154. The van der Waals surface area contributed by atoms with E-state index in [1.165, 1.54) is 6.42 Å². The van der Waals surface area contributed by atoms with Crippen LogP contribution in [0.3, 0.4) is 0 Å². The summed E-state index contributed by atoms with van der Waals surface area (Å²) in [7, 11) is 1.68. The summed E-state index contributed by atoms with van der Waals surface area (Å²) in [6, 6.07) is 0. The smallest absolute Gasteiger partial charge is 0.191 e. The predicted octanol–water partition coefficient (Wildman–Crippen LogP) is 2.05. The molecule has 24 heavy (non-hydrogen) atoms. The standard InChI is InChI=1S/C18H37N3O3/c1-6-19-17(20-9-11-23-13-12-22-5)21-14-15-8-7-10-24-16(15)18(2,3)4/h15-16H,6-14H2,1-5H3,(H2,19,20,21). The molecule has 0 aromatic rings. The van der Waals surface area contributed by atoms with Gasteiger partial charge in [0.25, 0.3) is 0 Å². The summed E-state index contributed by atoms with van der Waals surface area (Å²) in [5.41, 5.74) is 0.154. The number of hydrogen-bond donors (Lipinski definition) is 2. The quantitative estimate of drug-likeness (QED) is 0.381. The first-order chi connectivity index (χ1) is 11.5. The van der Waals surface area contributed by atoms with Crippen molar-refractivity contribution in [1.29, 1.82) is 0 Å². The molecule has 0 amide bonds. The molecular formula is C18H37N3O3. The highest BCUT2D eigenvalue weighted by atomic mass is 16.5. The zero-order valence-electron chi connectivity index (χ0n) is 16.2. The molecule has 1 rings (SSSR count). The molecule has 6 nitrogen and oxygen atoms in total. The summed E-state index contributed by atoms with van der Waals surface area (Å²) in [6.45, 7) is 14.0. The van der Waals surface area contributed by atoms with Gasteiger partial charge in [-0.3, -0.25) is 4.99 Å². The van der Waals surface area contributed by atoms with Gasteiger partial charge in [0, 0.05) is 39.3 Å². The zero-order chi connectivity index (χ0) is 17.8. The lowest BCUT2D eigenvalue weighted by atomic mass is 9.78. The molecule has 6 heteroatoms. The Bertz CT molecular complexity index is 356. The van der Waals surface area contributed by atoms with Crippen LogP contribution < -0.4 is 10.6 Å². The average molecular weight is 344 g/mol. The fourth-order valence-corrected chi connectivity index (χ4v) is 3.02. The van der Waals surface area contributed by atoms with Crippen LogP contribution in [0, 0.1) is 11.3 Å². The van der Waals surface area contributed by atoms with Crippen molar-refractivity contribution in [3.63, 3.8) is 0 Å². The Morgan fingerprint density at radius 3 is 2.67 bits per heavy atom. The molecule has 2 N–H and O–H groups in total. The van der Waals surface area contributed by atoms with Crippen LogP contribution in [0.1, 0.15) is 40.5 Å². The molecule has 1 aliphatic rings. The molecule has 0 radical (unpaired) electrons. The molecule has 0 spiro atoms. The second kappa shape index (κ2) is 11.7. The van der Waals surface area contributed by atoms with Crippen LogP contribution in [0.15, 0.2) is 4.99 Å². The van der Waals surface area contributed by atoms with Crippen molar-refractivity contribution in [2.45, 2.75) is 46.6 Å². The fraction of sp³-hybridized carbons (Fsp3) is 0.944. The minimum Gasteiger partial charge on any atom is -0.382 e. The van der Waals surface area contributed by atoms with Crippen molar-refractivity contribution in [3.05, 3.63) is 0 Å². The number of nitrogens with zero attached hydrogens (tertiary/aromatic N) is 1. The van der Waals surface area contributed by atoms with Gasteiger partial charge in [-0.2, -0.15) is 0 Å². The van der Waals surface area contributed by atoms with E-state index in [0.717, 1.165) is 38.6 Å². The molecule has 142 valence electrons. The van der Waals surface area contributed by atoms with Crippen LogP contribution in [0.25, 0.3) is 0 Å². The van der Waals surface area contributed by atoms with Crippen LogP contribution in [-0.2, 0) is 14.2 Å². The van der Waals surface area contributed by atoms with Crippen molar-refractivity contribution in [1.82, 2.24) is 10.6 Å². The topological polar surface area (TPSA) is 64.1 Å². The van der Waals surface area contributed by atoms with Crippen molar-refractivity contribution in [2.24, 2.45) is 16.3 Å². The highest BCUT2D eigenvalue weighted by Crippen LogP contribution is 2.34. The third kappa shape index (κ3) is 8.31. The van der Waals surface area contributed by atoms with E-state index < -0.39 is 0 Å². The number of guanidine groups is 1. The van der Waals surface area contributed by atoms with Gasteiger partial charge in [0.15, 0.2) is 5.96 Å². The van der Waals surface area contributed by atoms with E-state index in [-0.39, 0.29) is 11.5 Å². The number of aliphatic imine (C=N–C) groups is 1. The van der Waals surface area contributed by atoms with Crippen molar-refractivity contribution >= 4 is 5.96 Å². The monoisotopic (exact) mass is 343 g/mol. The average Bonchev–Trinajstić information content (AvgIpc) is 2.55. The second-order valence-corrected chi connectivity index (χ2v) is 7.31. The van der Waals surface area contributed by atoms with Gasteiger partial charge in [-0.15, -0.1) is 0 Å². The van der Waals surface area contributed by atoms with E-state index in [0.29, 0.717) is 25.7 Å². The summed E-state index contributed by atoms with van der Waals surface area (Å²) in [5, 5.41) is 6.62. The maximum atomic E-state index is 6.04. The minimum atomic E-state index is 0.154. The third-order valence-electron chi connectivity index (χ3n) is 4.10. The van der Waals surface area contributed by atoms with E-state index in [2.05, 4.69) is 38.3 Å².